The van der Waals surface area contributed by atoms with Crippen LogP contribution in [0.25, 0.3) is 77.2 Å². The quantitative estimate of drug-likeness (QED) is 0.255. The van der Waals surface area contributed by atoms with Crippen molar-refractivity contribution < 1.29 is 8.83 Å². The number of fused-ring (bicyclic) bond motifs is 2. The molecule has 0 saturated carbocycles. The molecule has 34 heavy (non-hydrogen) atoms. The third-order valence-electron chi connectivity index (χ3n) is 6.88. The predicted octanol–water partition coefficient (Wildman–Crippen LogP) is 8.81. The first-order chi connectivity index (χ1) is 16.8. The highest BCUT2D eigenvalue weighted by Gasteiger charge is 2.18. The second-order valence-electron chi connectivity index (χ2n) is 8.78. The Morgan fingerprint density at radius 1 is 0.500 bits per heavy atom. The summed E-state index contributed by atoms with van der Waals surface area (Å²) in [5, 5.41) is 8.32. The summed E-state index contributed by atoms with van der Waals surface area (Å²) >= 11 is 0. The Labute approximate surface area is 194 Å². The maximum Gasteiger partial charge on any atom is 0.227 e. The molecule has 0 unspecified atom stereocenters. The number of aromatic nitrogens is 1. The van der Waals surface area contributed by atoms with Gasteiger partial charge in [-0.2, -0.15) is 0 Å². The van der Waals surface area contributed by atoms with Gasteiger partial charge >= 0.3 is 0 Å². The van der Waals surface area contributed by atoms with Gasteiger partial charge in [0.25, 0.3) is 0 Å². The molecule has 3 nitrogen and oxygen atoms in total. The minimum absolute atomic E-state index is 0.650. The largest absolute Gasteiger partial charge is 0.456 e. The molecule has 0 spiro atoms. The lowest BCUT2D eigenvalue weighted by molar-refractivity contribution is 0.620. The van der Waals surface area contributed by atoms with Gasteiger partial charge < -0.3 is 8.83 Å². The summed E-state index contributed by atoms with van der Waals surface area (Å²) in [6, 6.07) is 35.6. The number of hydrogen-bond acceptors (Lipinski definition) is 3. The number of para-hydroxylation sites is 3. The number of furan rings is 1. The maximum atomic E-state index is 6.25. The highest BCUT2D eigenvalue weighted by molar-refractivity contribution is 6.27. The third kappa shape index (κ3) is 2.38. The van der Waals surface area contributed by atoms with Gasteiger partial charge in [0.05, 0.1) is 0 Å². The highest BCUT2D eigenvalue weighted by atomic mass is 16.3. The van der Waals surface area contributed by atoms with E-state index >= 15 is 0 Å². The van der Waals surface area contributed by atoms with Crippen LogP contribution < -0.4 is 0 Å². The van der Waals surface area contributed by atoms with E-state index in [0.717, 1.165) is 44.3 Å². The van der Waals surface area contributed by atoms with E-state index in [4.69, 9.17) is 13.8 Å². The molecule has 0 atom stereocenters. The van der Waals surface area contributed by atoms with E-state index in [0.29, 0.717) is 5.89 Å². The Balaban J connectivity index is 1.45. The summed E-state index contributed by atoms with van der Waals surface area (Å²) in [6.45, 7) is 0. The van der Waals surface area contributed by atoms with E-state index in [2.05, 4.69) is 60.7 Å². The van der Waals surface area contributed by atoms with Gasteiger partial charge in [0.15, 0.2) is 5.58 Å². The Morgan fingerprint density at radius 3 is 1.91 bits per heavy atom. The molecule has 8 aromatic rings. The Kier molecular flexibility index (Phi) is 3.39. The van der Waals surface area contributed by atoms with Crippen LogP contribution in [-0.4, -0.2) is 4.98 Å². The standard InChI is InChI=1S/C31H17NO2/c1-3-7-26-20(5-1)17-28(33-26)21-13-9-18-11-15-23-24(31-32-25-6-2-4-8-27(25)34-31)16-12-19-10-14-22(21)29(18)30(19)23/h1-17H. The van der Waals surface area contributed by atoms with Crippen molar-refractivity contribution in [2.75, 3.05) is 0 Å². The zero-order valence-corrected chi connectivity index (χ0v) is 18.1. The van der Waals surface area contributed by atoms with Crippen LogP contribution in [0, 0.1) is 0 Å². The average Bonchev–Trinajstić information content (AvgIpc) is 3.51. The summed E-state index contributed by atoms with van der Waals surface area (Å²) in [5.74, 6) is 1.54. The number of benzene rings is 6. The topological polar surface area (TPSA) is 39.2 Å². The van der Waals surface area contributed by atoms with Gasteiger partial charge in [-0.3, -0.25) is 0 Å². The average molecular weight is 435 g/mol. The molecule has 2 heterocycles. The summed E-state index contributed by atoms with van der Waals surface area (Å²) in [7, 11) is 0. The van der Waals surface area contributed by atoms with Gasteiger partial charge in [-0.05, 0) is 68.7 Å². The molecule has 8 rings (SSSR count). The fourth-order valence-electron chi connectivity index (χ4n) is 5.30. The van der Waals surface area contributed by atoms with Crippen molar-refractivity contribution in [2.24, 2.45) is 0 Å². The minimum atomic E-state index is 0.650. The molecule has 6 aromatic carbocycles. The van der Waals surface area contributed by atoms with Crippen molar-refractivity contribution in [2.45, 2.75) is 0 Å². The first-order valence-electron chi connectivity index (χ1n) is 11.4. The SMILES string of the molecule is c1ccc2oc(-c3ccc4ccc5c(-c6nc7ccccc7o6)ccc6ccc3c4c65)cc2c1. The van der Waals surface area contributed by atoms with Gasteiger partial charge in [-0.15, -0.1) is 0 Å². The zero-order chi connectivity index (χ0) is 22.2. The molecule has 158 valence electrons. The molecule has 0 bridgehead atoms. The van der Waals surface area contributed by atoms with Crippen LogP contribution in [0.2, 0.25) is 0 Å². The first-order valence-corrected chi connectivity index (χ1v) is 11.4. The molecule has 0 amide bonds. The molecule has 0 radical (unpaired) electrons. The van der Waals surface area contributed by atoms with Crippen LogP contribution in [0.5, 0.6) is 0 Å². The maximum absolute atomic E-state index is 6.25. The summed E-state index contributed by atoms with van der Waals surface area (Å²) in [5.41, 5.74) is 4.68. The van der Waals surface area contributed by atoms with E-state index in [1.54, 1.807) is 0 Å². The van der Waals surface area contributed by atoms with Gasteiger partial charge in [0, 0.05) is 16.5 Å². The van der Waals surface area contributed by atoms with Gasteiger partial charge in [0.2, 0.25) is 5.89 Å². The molecule has 0 N–H and O–H groups in total. The summed E-state index contributed by atoms with van der Waals surface area (Å²) in [6.07, 6.45) is 0. The van der Waals surface area contributed by atoms with Crippen LogP contribution in [0.3, 0.4) is 0 Å². The highest BCUT2D eigenvalue weighted by Crippen LogP contribution is 2.43. The van der Waals surface area contributed by atoms with Gasteiger partial charge in [-0.1, -0.05) is 66.7 Å². The van der Waals surface area contributed by atoms with Crippen LogP contribution in [0.4, 0.5) is 0 Å². The van der Waals surface area contributed by atoms with Crippen molar-refractivity contribution in [3.8, 4) is 22.8 Å². The first kappa shape index (κ1) is 17.9. The molecule has 3 heteroatoms. The zero-order valence-electron chi connectivity index (χ0n) is 18.1. The van der Waals surface area contributed by atoms with Crippen LogP contribution in [-0.2, 0) is 0 Å². The second kappa shape index (κ2) is 6.46. The molecule has 2 aromatic heterocycles. The van der Waals surface area contributed by atoms with Gasteiger partial charge in [-0.25, -0.2) is 4.98 Å². The number of oxazole rings is 1. The van der Waals surface area contributed by atoms with Crippen LogP contribution >= 0.6 is 0 Å². The molecule has 0 aliphatic carbocycles. The minimum Gasteiger partial charge on any atom is -0.456 e. The monoisotopic (exact) mass is 435 g/mol. The lowest BCUT2D eigenvalue weighted by Gasteiger charge is -2.14. The molecule has 0 saturated heterocycles. The van der Waals surface area contributed by atoms with Crippen molar-refractivity contribution in [3.63, 3.8) is 0 Å². The normalized spacial score (nSPS) is 12.1. The predicted molar refractivity (Wildman–Crippen MR) is 138 cm³/mol. The lowest BCUT2D eigenvalue weighted by Crippen LogP contribution is -1.89. The summed E-state index contributed by atoms with van der Waals surface area (Å²) in [4.78, 5) is 4.77. The third-order valence-corrected chi connectivity index (χ3v) is 6.88. The van der Waals surface area contributed by atoms with Crippen LogP contribution in [0.15, 0.2) is 112 Å². The Bertz CT molecular complexity index is 1810. The molecule has 0 fully saturated rings. The van der Waals surface area contributed by atoms with Crippen molar-refractivity contribution in [1.82, 2.24) is 4.98 Å². The summed E-state index contributed by atoms with van der Waals surface area (Å²) < 4.78 is 12.4. The van der Waals surface area contributed by atoms with E-state index in [9.17, 15) is 0 Å². The van der Waals surface area contributed by atoms with E-state index in [-0.39, 0.29) is 0 Å². The number of nitrogens with zero attached hydrogens (tertiary/aromatic N) is 1. The molecular weight excluding hydrogens is 418 g/mol. The smallest absolute Gasteiger partial charge is 0.227 e. The second-order valence-corrected chi connectivity index (χ2v) is 8.78. The molecule has 0 aliphatic rings. The van der Waals surface area contributed by atoms with Crippen molar-refractivity contribution in [3.05, 3.63) is 103 Å². The van der Waals surface area contributed by atoms with Crippen molar-refractivity contribution in [1.29, 1.82) is 0 Å². The lowest BCUT2D eigenvalue weighted by atomic mass is 9.89. The molecule has 0 aliphatic heterocycles. The number of hydrogen-bond donors (Lipinski definition) is 0. The van der Waals surface area contributed by atoms with E-state index in [1.807, 2.05) is 42.5 Å². The Hall–Kier alpha value is -4.63. The van der Waals surface area contributed by atoms with Gasteiger partial charge in [0.1, 0.15) is 16.9 Å². The number of rotatable bonds is 2. The van der Waals surface area contributed by atoms with E-state index < -0.39 is 0 Å². The van der Waals surface area contributed by atoms with Crippen LogP contribution in [0.1, 0.15) is 0 Å². The fourth-order valence-corrected chi connectivity index (χ4v) is 5.30. The Morgan fingerprint density at radius 2 is 1.15 bits per heavy atom. The van der Waals surface area contributed by atoms with E-state index in [1.165, 1.54) is 26.9 Å². The fraction of sp³-hybridized carbons (Fsp3) is 0. The molecular formula is C31H17NO2. The van der Waals surface area contributed by atoms with Crippen molar-refractivity contribution >= 4 is 54.4 Å².